The Hall–Kier alpha value is -1.59. The summed E-state index contributed by atoms with van der Waals surface area (Å²) < 4.78 is 0. The van der Waals surface area contributed by atoms with Crippen LogP contribution in [0.15, 0.2) is 24.3 Å². The number of aliphatic hydroxyl groups is 1. The van der Waals surface area contributed by atoms with Crippen molar-refractivity contribution in [1.82, 2.24) is 15.5 Å². The van der Waals surface area contributed by atoms with E-state index in [0.717, 1.165) is 18.0 Å². The molecule has 2 rings (SSSR count). The van der Waals surface area contributed by atoms with Crippen LogP contribution in [0.4, 0.5) is 4.79 Å². The molecule has 1 aliphatic rings. The molecule has 3 N–H and O–H groups in total. The van der Waals surface area contributed by atoms with Crippen molar-refractivity contribution < 1.29 is 9.90 Å². The number of benzene rings is 1. The minimum Gasteiger partial charge on any atom is -0.396 e. The number of nitrogens with zero attached hydrogens (tertiary/aromatic N) is 1. The second kappa shape index (κ2) is 10.4. The summed E-state index contributed by atoms with van der Waals surface area (Å²) in [4.78, 5) is 14.4. The maximum absolute atomic E-state index is 11.9. The monoisotopic (exact) mass is 347 g/mol. The zero-order valence-corrected chi connectivity index (χ0v) is 15.6. The molecule has 5 nitrogen and oxygen atoms in total. The lowest BCUT2D eigenvalue weighted by molar-refractivity contribution is 0.185. The highest BCUT2D eigenvalue weighted by molar-refractivity contribution is 5.73. The minimum atomic E-state index is -0.153. The van der Waals surface area contributed by atoms with Crippen molar-refractivity contribution in [2.24, 2.45) is 11.8 Å². The fraction of sp³-hybridized carbons (Fsp3) is 0.650. The SMILES string of the molecule is CC1CCN(Cc2cccc(CNC(=O)NCC(C)CCO)c2)CC1. The summed E-state index contributed by atoms with van der Waals surface area (Å²) in [7, 11) is 0. The van der Waals surface area contributed by atoms with Gasteiger partial charge >= 0.3 is 6.03 Å². The van der Waals surface area contributed by atoms with Gasteiger partial charge in [0.2, 0.25) is 0 Å². The summed E-state index contributed by atoms with van der Waals surface area (Å²) in [6, 6.07) is 8.32. The summed E-state index contributed by atoms with van der Waals surface area (Å²) >= 11 is 0. The molecule has 0 aromatic heterocycles. The molecule has 1 aliphatic heterocycles. The molecule has 1 aromatic rings. The van der Waals surface area contributed by atoms with Crippen LogP contribution < -0.4 is 10.6 Å². The third kappa shape index (κ3) is 7.45. The van der Waals surface area contributed by atoms with E-state index in [1.165, 1.54) is 31.5 Å². The van der Waals surface area contributed by atoms with Gasteiger partial charge in [-0.3, -0.25) is 4.90 Å². The molecule has 1 heterocycles. The van der Waals surface area contributed by atoms with Crippen LogP contribution in [0.1, 0.15) is 44.2 Å². The van der Waals surface area contributed by atoms with Gasteiger partial charge < -0.3 is 15.7 Å². The fourth-order valence-electron chi connectivity index (χ4n) is 3.15. The molecule has 1 atom stereocenters. The second-order valence-electron chi connectivity index (χ2n) is 7.46. The number of likely N-dealkylation sites (tertiary alicyclic amines) is 1. The van der Waals surface area contributed by atoms with Crippen molar-refractivity contribution in [3.8, 4) is 0 Å². The predicted octanol–water partition coefficient (Wildman–Crippen LogP) is 2.74. The zero-order valence-electron chi connectivity index (χ0n) is 15.6. The lowest BCUT2D eigenvalue weighted by atomic mass is 9.98. The molecule has 0 bridgehead atoms. The van der Waals surface area contributed by atoms with Crippen LogP contribution in [-0.2, 0) is 13.1 Å². The summed E-state index contributed by atoms with van der Waals surface area (Å²) in [5, 5.41) is 14.6. The molecule has 140 valence electrons. The van der Waals surface area contributed by atoms with Crippen molar-refractivity contribution >= 4 is 6.03 Å². The quantitative estimate of drug-likeness (QED) is 0.677. The van der Waals surface area contributed by atoms with E-state index in [-0.39, 0.29) is 18.6 Å². The number of nitrogens with one attached hydrogen (secondary N) is 2. The molecule has 0 spiro atoms. The fourth-order valence-corrected chi connectivity index (χ4v) is 3.15. The molecule has 25 heavy (non-hydrogen) atoms. The maximum Gasteiger partial charge on any atom is 0.315 e. The Balaban J connectivity index is 1.74. The Bertz CT molecular complexity index is 527. The van der Waals surface area contributed by atoms with Crippen molar-refractivity contribution in [2.75, 3.05) is 26.2 Å². The summed E-state index contributed by atoms with van der Waals surface area (Å²) in [5.41, 5.74) is 2.44. The topological polar surface area (TPSA) is 64.6 Å². The van der Waals surface area contributed by atoms with Crippen LogP contribution >= 0.6 is 0 Å². The summed E-state index contributed by atoms with van der Waals surface area (Å²) in [6.07, 6.45) is 3.28. The first-order chi connectivity index (χ1) is 12.1. The van der Waals surface area contributed by atoms with Gasteiger partial charge in [-0.25, -0.2) is 4.79 Å². The number of carbonyl (C=O) groups is 1. The number of piperidine rings is 1. The highest BCUT2D eigenvalue weighted by Crippen LogP contribution is 2.18. The molecule has 0 radical (unpaired) electrons. The van der Waals surface area contributed by atoms with E-state index in [4.69, 9.17) is 5.11 Å². The normalized spacial score (nSPS) is 17.2. The number of hydrogen-bond acceptors (Lipinski definition) is 3. The van der Waals surface area contributed by atoms with E-state index in [1.54, 1.807) is 0 Å². The molecule has 1 aromatic carbocycles. The van der Waals surface area contributed by atoms with Gasteiger partial charge in [-0.15, -0.1) is 0 Å². The average molecular weight is 348 g/mol. The van der Waals surface area contributed by atoms with Gasteiger partial charge in [0.25, 0.3) is 0 Å². The standard InChI is InChI=1S/C20H33N3O2/c1-16-6-9-23(10-7-16)15-19-5-3-4-18(12-19)14-22-20(25)21-13-17(2)8-11-24/h3-5,12,16-17,24H,6-11,13-15H2,1-2H3,(H2,21,22,25). The predicted molar refractivity (Wildman–Crippen MR) is 101 cm³/mol. The van der Waals surface area contributed by atoms with E-state index in [9.17, 15) is 4.79 Å². The van der Waals surface area contributed by atoms with Crippen LogP contribution in [0, 0.1) is 11.8 Å². The number of urea groups is 1. The Labute approximate surface area is 151 Å². The zero-order chi connectivity index (χ0) is 18.1. The number of hydrogen-bond donors (Lipinski definition) is 3. The number of carbonyl (C=O) groups excluding carboxylic acids is 1. The highest BCUT2D eigenvalue weighted by atomic mass is 16.3. The lowest BCUT2D eigenvalue weighted by Crippen LogP contribution is -2.37. The van der Waals surface area contributed by atoms with Crippen molar-refractivity contribution in [3.05, 3.63) is 35.4 Å². The van der Waals surface area contributed by atoms with Gasteiger partial charge in [0.1, 0.15) is 0 Å². The third-order valence-corrected chi connectivity index (χ3v) is 4.96. The first-order valence-electron chi connectivity index (χ1n) is 9.49. The van der Waals surface area contributed by atoms with Gasteiger partial charge in [-0.1, -0.05) is 38.1 Å². The Morgan fingerprint density at radius 3 is 2.72 bits per heavy atom. The second-order valence-corrected chi connectivity index (χ2v) is 7.46. The molecular formula is C20H33N3O2. The Morgan fingerprint density at radius 1 is 1.28 bits per heavy atom. The number of aliphatic hydroxyl groups excluding tert-OH is 1. The smallest absolute Gasteiger partial charge is 0.315 e. The minimum absolute atomic E-state index is 0.153. The number of amides is 2. The van der Waals surface area contributed by atoms with Crippen LogP contribution in [0.25, 0.3) is 0 Å². The molecule has 2 amide bonds. The van der Waals surface area contributed by atoms with Crippen LogP contribution in [0.5, 0.6) is 0 Å². The van der Waals surface area contributed by atoms with E-state index in [1.807, 2.05) is 6.92 Å². The van der Waals surface area contributed by atoms with Crippen molar-refractivity contribution in [2.45, 2.75) is 46.2 Å². The maximum atomic E-state index is 11.9. The first-order valence-corrected chi connectivity index (χ1v) is 9.49. The first kappa shape index (κ1) is 19.7. The van der Waals surface area contributed by atoms with Crippen LogP contribution in [0.3, 0.4) is 0 Å². The molecule has 1 unspecified atom stereocenters. The Morgan fingerprint density at radius 2 is 2.00 bits per heavy atom. The lowest BCUT2D eigenvalue weighted by Gasteiger charge is -2.30. The van der Waals surface area contributed by atoms with E-state index < -0.39 is 0 Å². The van der Waals surface area contributed by atoms with Gasteiger partial charge in [-0.2, -0.15) is 0 Å². The van der Waals surface area contributed by atoms with Crippen molar-refractivity contribution in [3.63, 3.8) is 0 Å². The van der Waals surface area contributed by atoms with E-state index >= 15 is 0 Å². The molecule has 1 saturated heterocycles. The van der Waals surface area contributed by atoms with E-state index in [2.05, 4.69) is 46.7 Å². The van der Waals surface area contributed by atoms with Crippen molar-refractivity contribution in [1.29, 1.82) is 0 Å². The summed E-state index contributed by atoms with van der Waals surface area (Å²) in [6.45, 7) is 8.97. The molecule has 0 aliphatic carbocycles. The molecule has 5 heteroatoms. The average Bonchev–Trinajstić information content (AvgIpc) is 2.61. The Kier molecular flexibility index (Phi) is 8.22. The largest absolute Gasteiger partial charge is 0.396 e. The third-order valence-electron chi connectivity index (χ3n) is 4.96. The van der Waals surface area contributed by atoms with Gasteiger partial charge in [-0.05, 0) is 55.3 Å². The van der Waals surface area contributed by atoms with Gasteiger partial charge in [0, 0.05) is 26.2 Å². The van der Waals surface area contributed by atoms with Crippen LogP contribution in [-0.4, -0.2) is 42.3 Å². The highest BCUT2D eigenvalue weighted by Gasteiger charge is 2.15. The van der Waals surface area contributed by atoms with Gasteiger partial charge in [0.05, 0.1) is 0 Å². The molecular weight excluding hydrogens is 314 g/mol. The number of rotatable bonds is 8. The summed E-state index contributed by atoms with van der Waals surface area (Å²) in [5.74, 6) is 1.14. The van der Waals surface area contributed by atoms with Gasteiger partial charge in [0.15, 0.2) is 0 Å². The van der Waals surface area contributed by atoms with E-state index in [0.29, 0.717) is 19.5 Å². The molecule has 0 saturated carbocycles. The van der Waals surface area contributed by atoms with Crippen LogP contribution in [0.2, 0.25) is 0 Å². The molecule has 1 fully saturated rings.